The van der Waals surface area contributed by atoms with Gasteiger partial charge < -0.3 is 9.64 Å². The molecule has 5 aliphatic rings. The molecule has 0 aliphatic heterocycles. The van der Waals surface area contributed by atoms with E-state index in [0.717, 1.165) is 49.9 Å². The first-order valence-electron chi connectivity index (χ1n) is 9.99. The number of ether oxygens (including phenoxy) is 1. The van der Waals surface area contributed by atoms with Gasteiger partial charge in [-0.1, -0.05) is 19.3 Å². The first-order valence-corrected chi connectivity index (χ1v) is 9.99. The summed E-state index contributed by atoms with van der Waals surface area (Å²) in [4.78, 5) is 27.1. The lowest BCUT2D eigenvalue weighted by atomic mass is 9.49. The molecule has 134 valence electrons. The van der Waals surface area contributed by atoms with Crippen LogP contribution in [0.25, 0.3) is 0 Å². The number of esters is 1. The van der Waals surface area contributed by atoms with E-state index >= 15 is 0 Å². The van der Waals surface area contributed by atoms with E-state index in [4.69, 9.17) is 4.74 Å². The van der Waals surface area contributed by atoms with Crippen molar-refractivity contribution >= 4 is 11.9 Å². The number of rotatable bonds is 4. The van der Waals surface area contributed by atoms with E-state index in [1.54, 1.807) is 0 Å². The highest BCUT2D eigenvalue weighted by molar-refractivity contribution is 5.83. The van der Waals surface area contributed by atoms with E-state index in [1.165, 1.54) is 38.5 Å². The Bertz CT molecular complexity index is 474. The smallest absolute Gasteiger partial charge is 0.312 e. The zero-order chi connectivity index (χ0) is 16.7. The van der Waals surface area contributed by atoms with Crippen molar-refractivity contribution in [1.29, 1.82) is 0 Å². The number of amides is 1. The van der Waals surface area contributed by atoms with Gasteiger partial charge in [0.25, 0.3) is 5.91 Å². The van der Waals surface area contributed by atoms with Gasteiger partial charge in [0.15, 0.2) is 6.61 Å². The molecule has 0 atom stereocenters. The molecule has 0 radical (unpaired) electrons. The fourth-order valence-electron chi connectivity index (χ4n) is 6.41. The van der Waals surface area contributed by atoms with Crippen LogP contribution in [-0.2, 0) is 14.3 Å². The first kappa shape index (κ1) is 16.4. The molecule has 4 heteroatoms. The van der Waals surface area contributed by atoms with E-state index in [1.807, 2.05) is 11.9 Å². The van der Waals surface area contributed by atoms with Crippen molar-refractivity contribution in [3.05, 3.63) is 0 Å². The van der Waals surface area contributed by atoms with Crippen LogP contribution in [0, 0.1) is 23.2 Å². The molecule has 24 heavy (non-hydrogen) atoms. The molecule has 0 N–H and O–H groups in total. The van der Waals surface area contributed by atoms with Crippen molar-refractivity contribution < 1.29 is 14.3 Å². The van der Waals surface area contributed by atoms with Gasteiger partial charge in [0, 0.05) is 13.1 Å². The number of nitrogens with zero attached hydrogens (tertiary/aromatic N) is 1. The molecular formula is C20H31NO3. The van der Waals surface area contributed by atoms with Gasteiger partial charge in [0.2, 0.25) is 0 Å². The molecule has 0 spiro atoms. The lowest BCUT2D eigenvalue weighted by Crippen LogP contribution is -2.51. The van der Waals surface area contributed by atoms with E-state index in [2.05, 4.69) is 0 Å². The predicted molar refractivity (Wildman–Crippen MR) is 91.2 cm³/mol. The SMILES string of the molecule is CN(C(=O)COC(=O)C12CC3CC(CC(C3)C1)C2)C1CCCCC1. The fourth-order valence-corrected chi connectivity index (χ4v) is 6.41. The minimum absolute atomic E-state index is 0.0278. The second-order valence-electron chi connectivity index (χ2n) is 9.07. The van der Waals surface area contributed by atoms with E-state index < -0.39 is 0 Å². The number of hydrogen-bond acceptors (Lipinski definition) is 3. The summed E-state index contributed by atoms with van der Waals surface area (Å²) in [6.45, 7) is -0.0619. The monoisotopic (exact) mass is 333 g/mol. The van der Waals surface area contributed by atoms with E-state index in [0.29, 0.717) is 6.04 Å². The fraction of sp³-hybridized carbons (Fsp3) is 0.900. The van der Waals surface area contributed by atoms with Crippen LogP contribution in [0.5, 0.6) is 0 Å². The maximum Gasteiger partial charge on any atom is 0.312 e. The average Bonchev–Trinajstić information content (AvgIpc) is 2.58. The van der Waals surface area contributed by atoms with Crippen LogP contribution in [-0.4, -0.2) is 36.5 Å². The summed E-state index contributed by atoms with van der Waals surface area (Å²) in [6, 6.07) is 0.338. The minimum atomic E-state index is -0.252. The van der Waals surface area contributed by atoms with Crippen molar-refractivity contribution in [2.45, 2.75) is 76.7 Å². The molecule has 5 fully saturated rings. The summed E-state index contributed by atoms with van der Waals surface area (Å²) in [7, 11) is 1.87. The molecule has 5 saturated carbocycles. The van der Waals surface area contributed by atoms with Gasteiger partial charge in [0.1, 0.15) is 0 Å². The van der Waals surface area contributed by atoms with Crippen LogP contribution in [0.15, 0.2) is 0 Å². The lowest BCUT2D eigenvalue weighted by molar-refractivity contribution is -0.174. The Morgan fingerprint density at radius 3 is 2.04 bits per heavy atom. The third-order valence-corrected chi connectivity index (χ3v) is 7.31. The van der Waals surface area contributed by atoms with Gasteiger partial charge in [-0.05, 0) is 69.1 Å². The summed E-state index contributed by atoms with van der Waals surface area (Å²) in [5.74, 6) is 2.07. The molecule has 4 bridgehead atoms. The van der Waals surface area contributed by atoms with Crippen molar-refractivity contribution in [1.82, 2.24) is 4.90 Å². The largest absolute Gasteiger partial charge is 0.455 e. The summed E-state index contributed by atoms with van der Waals surface area (Å²) in [6.07, 6.45) is 12.8. The van der Waals surface area contributed by atoms with E-state index in [-0.39, 0.29) is 23.9 Å². The van der Waals surface area contributed by atoms with Gasteiger partial charge >= 0.3 is 5.97 Å². The topological polar surface area (TPSA) is 46.6 Å². The number of carbonyl (C=O) groups excluding carboxylic acids is 2. The second-order valence-corrected chi connectivity index (χ2v) is 9.07. The summed E-state index contributed by atoms with van der Waals surface area (Å²) < 4.78 is 5.57. The standard InChI is InChI=1S/C20H31NO3/c1-21(17-5-3-2-4-6-17)18(22)13-24-19(23)20-10-14-7-15(11-20)9-16(8-14)12-20/h14-17H,2-13H2,1H3. The van der Waals surface area contributed by atoms with Crippen molar-refractivity contribution in [3.8, 4) is 0 Å². The Morgan fingerprint density at radius 2 is 1.50 bits per heavy atom. The van der Waals surface area contributed by atoms with Crippen molar-refractivity contribution in [2.24, 2.45) is 23.2 Å². The van der Waals surface area contributed by atoms with Gasteiger partial charge in [0.05, 0.1) is 5.41 Å². The second kappa shape index (κ2) is 6.34. The van der Waals surface area contributed by atoms with Crippen LogP contribution in [0.1, 0.15) is 70.6 Å². The highest BCUT2D eigenvalue weighted by atomic mass is 16.5. The molecule has 0 unspecified atom stereocenters. The van der Waals surface area contributed by atoms with Crippen molar-refractivity contribution in [2.75, 3.05) is 13.7 Å². The maximum absolute atomic E-state index is 12.8. The first-order chi connectivity index (χ1) is 11.6. The zero-order valence-corrected chi connectivity index (χ0v) is 15.0. The van der Waals surface area contributed by atoms with Crippen LogP contribution >= 0.6 is 0 Å². The molecule has 0 saturated heterocycles. The number of likely N-dealkylation sites (N-methyl/N-ethyl adjacent to an activating group) is 1. The molecule has 5 aliphatic carbocycles. The third kappa shape index (κ3) is 2.97. The van der Waals surface area contributed by atoms with Crippen LogP contribution < -0.4 is 0 Å². The van der Waals surface area contributed by atoms with Crippen LogP contribution in [0.3, 0.4) is 0 Å². The Balaban J connectivity index is 1.32. The van der Waals surface area contributed by atoms with Crippen LogP contribution in [0.4, 0.5) is 0 Å². The Hall–Kier alpha value is -1.06. The normalized spacial score (nSPS) is 38.1. The highest BCUT2D eigenvalue weighted by Crippen LogP contribution is 2.60. The lowest BCUT2D eigenvalue weighted by Gasteiger charge is -2.55. The Labute approximate surface area is 145 Å². The molecule has 0 aromatic rings. The average molecular weight is 333 g/mol. The predicted octanol–water partition coefficient (Wildman–Crippen LogP) is 3.54. The van der Waals surface area contributed by atoms with Gasteiger partial charge in [-0.15, -0.1) is 0 Å². The minimum Gasteiger partial charge on any atom is -0.455 e. The highest BCUT2D eigenvalue weighted by Gasteiger charge is 2.55. The molecule has 0 aromatic heterocycles. The van der Waals surface area contributed by atoms with Gasteiger partial charge in [-0.3, -0.25) is 9.59 Å². The molecule has 5 rings (SSSR count). The number of hydrogen-bond donors (Lipinski definition) is 0. The van der Waals surface area contributed by atoms with E-state index in [9.17, 15) is 9.59 Å². The summed E-state index contributed by atoms with van der Waals surface area (Å²) in [5, 5.41) is 0. The molecule has 0 heterocycles. The zero-order valence-electron chi connectivity index (χ0n) is 15.0. The quantitative estimate of drug-likeness (QED) is 0.739. The maximum atomic E-state index is 12.8. The number of carbonyl (C=O) groups is 2. The molecule has 0 aromatic carbocycles. The Kier molecular flexibility index (Phi) is 4.34. The molecular weight excluding hydrogens is 302 g/mol. The van der Waals surface area contributed by atoms with Gasteiger partial charge in [-0.25, -0.2) is 0 Å². The third-order valence-electron chi connectivity index (χ3n) is 7.31. The molecule has 1 amide bonds. The van der Waals surface area contributed by atoms with Crippen LogP contribution in [0.2, 0.25) is 0 Å². The van der Waals surface area contributed by atoms with Gasteiger partial charge in [-0.2, -0.15) is 0 Å². The summed E-state index contributed by atoms with van der Waals surface area (Å²) in [5.41, 5.74) is -0.252. The molecule has 4 nitrogen and oxygen atoms in total. The van der Waals surface area contributed by atoms with Crippen molar-refractivity contribution in [3.63, 3.8) is 0 Å². The summed E-state index contributed by atoms with van der Waals surface area (Å²) >= 11 is 0. The Morgan fingerprint density at radius 1 is 0.958 bits per heavy atom.